The van der Waals surface area contributed by atoms with Crippen LogP contribution in [0.15, 0.2) is 12.4 Å². The van der Waals surface area contributed by atoms with E-state index in [1.165, 1.54) is 13.3 Å². The third kappa shape index (κ3) is 2.06. The first-order chi connectivity index (χ1) is 11.4. The summed E-state index contributed by atoms with van der Waals surface area (Å²) in [5.41, 5.74) is 0.469. The number of anilines is 1. The summed E-state index contributed by atoms with van der Waals surface area (Å²) in [4.78, 5) is 15.9. The van der Waals surface area contributed by atoms with Gasteiger partial charge in [-0.2, -0.15) is 5.10 Å². The summed E-state index contributed by atoms with van der Waals surface area (Å²) in [6.45, 7) is 1.06. The second kappa shape index (κ2) is 5.21. The van der Waals surface area contributed by atoms with Crippen LogP contribution >= 0.6 is 0 Å². The van der Waals surface area contributed by atoms with Crippen LogP contribution in [-0.4, -0.2) is 60.2 Å². The van der Waals surface area contributed by atoms with Gasteiger partial charge in [0.2, 0.25) is 5.91 Å². The van der Waals surface area contributed by atoms with E-state index in [1.54, 1.807) is 10.6 Å². The molecule has 24 heavy (non-hydrogen) atoms. The van der Waals surface area contributed by atoms with Crippen LogP contribution in [0.25, 0.3) is 5.52 Å². The Morgan fingerprint density at radius 3 is 3.00 bits per heavy atom. The molecule has 1 fully saturated rings. The summed E-state index contributed by atoms with van der Waals surface area (Å²) in [6.07, 6.45) is -0.840. The molecule has 4 heterocycles. The quantitative estimate of drug-likeness (QED) is 0.563. The summed E-state index contributed by atoms with van der Waals surface area (Å²) in [5, 5.41) is 37.2. The summed E-state index contributed by atoms with van der Waals surface area (Å²) in [7, 11) is 0. The Morgan fingerprint density at radius 2 is 2.29 bits per heavy atom. The van der Waals surface area contributed by atoms with Gasteiger partial charge in [-0.05, 0) is 25.0 Å². The van der Waals surface area contributed by atoms with Gasteiger partial charge in [-0.15, -0.1) is 0 Å². The van der Waals surface area contributed by atoms with E-state index < -0.39 is 30.5 Å². The van der Waals surface area contributed by atoms with Crippen molar-refractivity contribution < 1.29 is 24.9 Å². The lowest BCUT2D eigenvalue weighted by molar-refractivity contribution is -0.116. The predicted octanol–water partition coefficient (Wildman–Crippen LogP) is -0.842. The van der Waals surface area contributed by atoms with Crippen molar-refractivity contribution in [3.63, 3.8) is 0 Å². The molecule has 9 nitrogen and oxygen atoms in total. The number of aliphatic hydroxyl groups is 3. The topological polar surface area (TPSA) is 129 Å². The Bertz CT molecular complexity index is 818. The third-order valence-electron chi connectivity index (χ3n) is 4.78. The van der Waals surface area contributed by atoms with Crippen molar-refractivity contribution in [1.29, 1.82) is 0 Å². The van der Waals surface area contributed by atoms with Gasteiger partial charge in [0.05, 0.1) is 12.3 Å². The van der Waals surface area contributed by atoms with Crippen molar-refractivity contribution in [2.45, 2.75) is 43.7 Å². The molecule has 1 saturated heterocycles. The number of hydrogen-bond acceptors (Lipinski definition) is 7. The van der Waals surface area contributed by atoms with Crippen LogP contribution in [-0.2, 0) is 16.0 Å². The molecule has 2 aromatic rings. The molecule has 4 rings (SSSR count). The summed E-state index contributed by atoms with van der Waals surface area (Å²) < 4.78 is 7.25. The number of hydrogen-bond donors (Lipinski definition) is 4. The lowest BCUT2D eigenvalue weighted by Gasteiger charge is -2.26. The van der Waals surface area contributed by atoms with Crippen molar-refractivity contribution in [3.05, 3.63) is 23.7 Å². The summed E-state index contributed by atoms with van der Waals surface area (Å²) in [5.74, 6) is 0.291. The molecule has 2 aromatic heterocycles. The molecule has 9 heteroatoms. The average Bonchev–Trinajstić information content (AvgIpc) is 2.95. The molecular formula is C15H18N4O5. The predicted molar refractivity (Wildman–Crippen MR) is 81.3 cm³/mol. The summed E-state index contributed by atoms with van der Waals surface area (Å²) >= 11 is 0. The number of aryl methyl sites for hydroxylation is 1. The van der Waals surface area contributed by atoms with Crippen molar-refractivity contribution in [3.8, 4) is 0 Å². The number of amides is 1. The van der Waals surface area contributed by atoms with Crippen LogP contribution in [0.3, 0.4) is 0 Å². The number of aromatic nitrogens is 3. The van der Waals surface area contributed by atoms with Gasteiger partial charge >= 0.3 is 0 Å². The Hall–Kier alpha value is -2.07. The maximum Gasteiger partial charge on any atom is 0.225 e. The molecule has 0 bridgehead atoms. The van der Waals surface area contributed by atoms with Crippen molar-refractivity contribution in [1.82, 2.24) is 14.6 Å². The van der Waals surface area contributed by atoms with E-state index in [9.17, 15) is 20.1 Å². The van der Waals surface area contributed by atoms with Gasteiger partial charge in [0.1, 0.15) is 35.8 Å². The van der Waals surface area contributed by atoms with E-state index in [-0.39, 0.29) is 5.91 Å². The average molecular weight is 334 g/mol. The number of nitrogens with zero attached hydrogens (tertiary/aromatic N) is 3. The zero-order chi connectivity index (χ0) is 17.1. The third-order valence-corrected chi connectivity index (χ3v) is 4.78. The van der Waals surface area contributed by atoms with Gasteiger partial charge in [-0.1, -0.05) is 0 Å². The highest BCUT2D eigenvalue weighted by Gasteiger charge is 2.53. The Labute approximate surface area is 136 Å². The standard InChI is InChI=1S/C15H18N4O5/c1-15(23)12(22)9(5-20)24-13(15)8-4-7-2-3-10(21)18-14-11(7)19(8)17-6-16-14/h4,6,9,12-13,20,22-23H,2-3,5H2,1H3,(H,16,17,18,21)/t9-,12-,13+,15-/m1/s1. The zero-order valence-electron chi connectivity index (χ0n) is 13.0. The van der Waals surface area contributed by atoms with E-state index in [0.29, 0.717) is 29.9 Å². The lowest BCUT2D eigenvalue weighted by Crippen LogP contribution is -2.43. The van der Waals surface area contributed by atoms with Gasteiger partial charge < -0.3 is 25.4 Å². The van der Waals surface area contributed by atoms with E-state index in [4.69, 9.17) is 4.74 Å². The number of carbonyl (C=O) groups excluding carboxylic acids is 1. The van der Waals surface area contributed by atoms with Crippen LogP contribution in [0.4, 0.5) is 5.82 Å². The minimum Gasteiger partial charge on any atom is -0.394 e. The Balaban J connectivity index is 1.87. The van der Waals surface area contributed by atoms with Gasteiger partial charge in [0, 0.05) is 6.42 Å². The smallest absolute Gasteiger partial charge is 0.225 e. The van der Waals surface area contributed by atoms with Crippen molar-refractivity contribution in [2.24, 2.45) is 0 Å². The molecule has 4 atom stereocenters. The molecule has 0 saturated carbocycles. The summed E-state index contributed by atoms with van der Waals surface area (Å²) in [6, 6.07) is 1.80. The first kappa shape index (κ1) is 15.5. The molecule has 0 unspecified atom stereocenters. The largest absolute Gasteiger partial charge is 0.394 e. The number of carbonyl (C=O) groups is 1. The van der Waals surface area contributed by atoms with E-state index in [0.717, 1.165) is 5.56 Å². The SMILES string of the molecule is C[C@@]1(O)[C@H](O)[C@@H](CO)O[C@H]1c1cc2c3c(ncnn13)NC(=O)CC2. The molecule has 0 aliphatic carbocycles. The van der Waals surface area contributed by atoms with Crippen LogP contribution in [0.1, 0.15) is 30.7 Å². The normalized spacial score (nSPS) is 32.8. The molecule has 4 N–H and O–H groups in total. The van der Waals surface area contributed by atoms with Gasteiger partial charge in [0.25, 0.3) is 0 Å². The molecule has 1 amide bonds. The number of ether oxygens (including phenoxy) is 1. The van der Waals surface area contributed by atoms with E-state index in [1.807, 2.05) is 0 Å². The van der Waals surface area contributed by atoms with E-state index >= 15 is 0 Å². The maximum atomic E-state index is 11.8. The van der Waals surface area contributed by atoms with E-state index in [2.05, 4.69) is 15.4 Å². The minimum absolute atomic E-state index is 0.117. The highest BCUT2D eigenvalue weighted by atomic mass is 16.6. The van der Waals surface area contributed by atoms with Gasteiger partial charge in [-0.3, -0.25) is 4.79 Å². The molecule has 0 radical (unpaired) electrons. The fraction of sp³-hybridized carbons (Fsp3) is 0.533. The molecule has 2 aliphatic heterocycles. The number of nitrogens with one attached hydrogen (secondary N) is 1. The first-order valence-corrected chi connectivity index (χ1v) is 7.75. The fourth-order valence-corrected chi connectivity index (χ4v) is 3.49. The highest BCUT2D eigenvalue weighted by molar-refractivity contribution is 5.96. The monoisotopic (exact) mass is 334 g/mol. The van der Waals surface area contributed by atoms with Gasteiger partial charge in [-0.25, -0.2) is 9.50 Å². The fourth-order valence-electron chi connectivity index (χ4n) is 3.49. The Morgan fingerprint density at radius 1 is 1.50 bits per heavy atom. The molecule has 0 spiro atoms. The van der Waals surface area contributed by atoms with Crippen LogP contribution in [0.5, 0.6) is 0 Å². The highest BCUT2D eigenvalue weighted by Crippen LogP contribution is 2.43. The van der Waals surface area contributed by atoms with Gasteiger partial charge in [0.15, 0.2) is 5.82 Å². The Kier molecular flexibility index (Phi) is 3.36. The van der Waals surface area contributed by atoms with Crippen LogP contribution in [0, 0.1) is 0 Å². The maximum absolute atomic E-state index is 11.8. The second-order valence-corrected chi connectivity index (χ2v) is 6.42. The minimum atomic E-state index is -1.59. The molecule has 2 aliphatic rings. The van der Waals surface area contributed by atoms with Crippen molar-refractivity contribution >= 4 is 17.2 Å². The lowest BCUT2D eigenvalue weighted by atomic mass is 9.91. The second-order valence-electron chi connectivity index (χ2n) is 6.42. The van der Waals surface area contributed by atoms with Crippen LogP contribution in [0.2, 0.25) is 0 Å². The molecule has 128 valence electrons. The first-order valence-electron chi connectivity index (χ1n) is 7.75. The zero-order valence-corrected chi connectivity index (χ0v) is 13.0. The number of rotatable bonds is 2. The van der Waals surface area contributed by atoms with Crippen LogP contribution < -0.4 is 5.32 Å². The molecule has 0 aromatic carbocycles. The number of aliphatic hydroxyl groups excluding tert-OH is 2. The molecular weight excluding hydrogens is 316 g/mol. The van der Waals surface area contributed by atoms with Crippen molar-refractivity contribution in [2.75, 3.05) is 11.9 Å².